The summed E-state index contributed by atoms with van der Waals surface area (Å²) in [7, 11) is 0. The number of esters is 1. The molecule has 4 heteroatoms. The molecular formula is C18H19NO3. The molecular weight excluding hydrogens is 278 g/mol. The second kappa shape index (κ2) is 7.31. The zero-order valence-corrected chi connectivity index (χ0v) is 12.5. The highest BCUT2D eigenvalue weighted by molar-refractivity contribution is 5.92. The van der Waals surface area contributed by atoms with Crippen LogP contribution >= 0.6 is 0 Å². The fraction of sp³-hybridized carbons (Fsp3) is 0.167. The minimum Gasteiger partial charge on any atom is -0.505 e. The summed E-state index contributed by atoms with van der Waals surface area (Å²) < 4.78 is 5.03. The van der Waals surface area contributed by atoms with Crippen molar-refractivity contribution in [3.63, 3.8) is 0 Å². The van der Waals surface area contributed by atoms with E-state index in [0.29, 0.717) is 29.8 Å². The zero-order valence-electron chi connectivity index (χ0n) is 12.5. The van der Waals surface area contributed by atoms with E-state index in [4.69, 9.17) is 4.74 Å². The SMILES string of the molecule is C=CCc1cc(C(=O)OCC)cc(Nc2ccccc2)c1O. The Kier molecular flexibility index (Phi) is 5.20. The summed E-state index contributed by atoms with van der Waals surface area (Å²) in [6.45, 7) is 5.73. The Labute approximate surface area is 130 Å². The van der Waals surface area contributed by atoms with E-state index in [1.54, 1.807) is 25.1 Å². The topological polar surface area (TPSA) is 58.6 Å². The van der Waals surface area contributed by atoms with E-state index >= 15 is 0 Å². The van der Waals surface area contributed by atoms with Gasteiger partial charge in [-0.3, -0.25) is 0 Å². The van der Waals surface area contributed by atoms with Crippen LogP contribution in [0.2, 0.25) is 0 Å². The number of para-hydroxylation sites is 1. The first-order chi connectivity index (χ1) is 10.7. The molecule has 0 saturated heterocycles. The minimum absolute atomic E-state index is 0.108. The van der Waals surface area contributed by atoms with Gasteiger partial charge in [-0.1, -0.05) is 24.3 Å². The van der Waals surface area contributed by atoms with Crippen molar-refractivity contribution in [2.75, 3.05) is 11.9 Å². The number of carbonyl (C=O) groups excluding carboxylic acids is 1. The molecule has 0 bridgehead atoms. The molecule has 0 heterocycles. The number of benzene rings is 2. The molecule has 2 aromatic rings. The summed E-state index contributed by atoms with van der Waals surface area (Å²) >= 11 is 0. The Balaban J connectivity index is 2.42. The van der Waals surface area contributed by atoms with Gasteiger partial charge in [0.15, 0.2) is 0 Å². The Morgan fingerprint density at radius 2 is 2.05 bits per heavy atom. The van der Waals surface area contributed by atoms with E-state index in [-0.39, 0.29) is 5.75 Å². The van der Waals surface area contributed by atoms with Crippen LogP contribution in [0.1, 0.15) is 22.8 Å². The largest absolute Gasteiger partial charge is 0.505 e. The lowest BCUT2D eigenvalue weighted by Gasteiger charge is -2.13. The quantitative estimate of drug-likeness (QED) is 0.480. The molecule has 114 valence electrons. The van der Waals surface area contributed by atoms with Crippen LogP contribution in [0, 0.1) is 0 Å². The van der Waals surface area contributed by atoms with Crippen molar-refractivity contribution < 1.29 is 14.6 Å². The fourth-order valence-corrected chi connectivity index (χ4v) is 2.11. The van der Waals surface area contributed by atoms with Gasteiger partial charge in [-0.05, 0) is 37.6 Å². The minimum atomic E-state index is -0.413. The predicted octanol–water partition coefficient (Wildman–Crippen LogP) is 4.04. The highest BCUT2D eigenvalue weighted by Gasteiger charge is 2.14. The van der Waals surface area contributed by atoms with Crippen LogP contribution in [0.25, 0.3) is 0 Å². The van der Waals surface area contributed by atoms with E-state index in [9.17, 15) is 9.90 Å². The van der Waals surface area contributed by atoms with E-state index in [1.165, 1.54) is 0 Å². The standard InChI is InChI=1S/C18H19NO3/c1-3-8-13-11-14(18(21)22-4-2)12-16(17(13)20)19-15-9-6-5-7-10-15/h3,5-7,9-12,19-20H,1,4,8H2,2H3. The van der Waals surface area contributed by atoms with Crippen molar-refractivity contribution in [2.24, 2.45) is 0 Å². The number of allylic oxidation sites excluding steroid dienone is 1. The number of phenols is 1. The van der Waals surface area contributed by atoms with Gasteiger partial charge in [0.2, 0.25) is 0 Å². The van der Waals surface area contributed by atoms with Crippen LogP contribution in [0.4, 0.5) is 11.4 Å². The maximum absolute atomic E-state index is 12.0. The summed E-state index contributed by atoms with van der Waals surface area (Å²) in [5.74, 6) is -0.305. The van der Waals surface area contributed by atoms with Gasteiger partial charge >= 0.3 is 5.97 Å². The third kappa shape index (κ3) is 3.67. The molecule has 0 spiro atoms. The molecule has 0 unspecified atom stereocenters. The van der Waals surface area contributed by atoms with Gasteiger partial charge in [-0.2, -0.15) is 0 Å². The highest BCUT2D eigenvalue weighted by atomic mass is 16.5. The molecule has 0 atom stereocenters. The molecule has 0 aliphatic rings. The van der Waals surface area contributed by atoms with Crippen molar-refractivity contribution in [2.45, 2.75) is 13.3 Å². The van der Waals surface area contributed by atoms with Crippen LogP contribution in [0.5, 0.6) is 5.75 Å². The smallest absolute Gasteiger partial charge is 0.338 e. The molecule has 0 aromatic heterocycles. The summed E-state index contributed by atoms with van der Waals surface area (Å²) in [6, 6.07) is 12.7. The van der Waals surface area contributed by atoms with Crippen LogP contribution in [0.3, 0.4) is 0 Å². The Morgan fingerprint density at radius 3 is 2.68 bits per heavy atom. The lowest BCUT2D eigenvalue weighted by atomic mass is 10.0. The van der Waals surface area contributed by atoms with Crippen molar-refractivity contribution in [1.29, 1.82) is 0 Å². The first-order valence-electron chi connectivity index (χ1n) is 7.11. The van der Waals surface area contributed by atoms with Gasteiger partial charge in [-0.15, -0.1) is 6.58 Å². The van der Waals surface area contributed by atoms with E-state index in [0.717, 1.165) is 5.69 Å². The van der Waals surface area contributed by atoms with Gasteiger partial charge in [0.1, 0.15) is 5.75 Å². The second-order valence-corrected chi connectivity index (χ2v) is 4.74. The van der Waals surface area contributed by atoms with Gasteiger partial charge in [0.25, 0.3) is 0 Å². The summed E-state index contributed by atoms with van der Waals surface area (Å²) in [5, 5.41) is 13.5. The average molecular weight is 297 g/mol. The van der Waals surface area contributed by atoms with Crippen LogP contribution in [-0.4, -0.2) is 17.7 Å². The number of nitrogens with one attached hydrogen (secondary N) is 1. The van der Waals surface area contributed by atoms with Crippen LogP contribution in [0.15, 0.2) is 55.1 Å². The Morgan fingerprint density at radius 1 is 1.32 bits per heavy atom. The average Bonchev–Trinajstić information content (AvgIpc) is 2.52. The first-order valence-corrected chi connectivity index (χ1v) is 7.11. The molecule has 0 saturated carbocycles. The first kappa shape index (κ1) is 15.6. The lowest BCUT2D eigenvalue weighted by Crippen LogP contribution is -2.06. The predicted molar refractivity (Wildman–Crippen MR) is 87.7 cm³/mol. The third-order valence-corrected chi connectivity index (χ3v) is 3.12. The Hall–Kier alpha value is -2.75. The number of aromatic hydroxyl groups is 1. The maximum Gasteiger partial charge on any atom is 0.338 e. The molecule has 2 N–H and O–H groups in total. The van der Waals surface area contributed by atoms with E-state index < -0.39 is 5.97 Å². The van der Waals surface area contributed by atoms with Gasteiger partial charge in [0, 0.05) is 11.3 Å². The normalized spacial score (nSPS) is 10.0. The number of phenolic OH excluding ortho intramolecular Hbond substituents is 1. The van der Waals surface area contributed by atoms with Gasteiger partial charge in [-0.25, -0.2) is 4.79 Å². The van der Waals surface area contributed by atoms with Crippen LogP contribution in [-0.2, 0) is 11.2 Å². The molecule has 0 aliphatic carbocycles. The molecule has 2 aromatic carbocycles. The third-order valence-electron chi connectivity index (χ3n) is 3.12. The highest BCUT2D eigenvalue weighted by Crippen LogP contribution is 2.32. The number of ether oxygens (including phenoxy) is 1. The van der Waals surface area contributed by atoms with Crippen LogP contribution < -0.4 is 5.32 Å². The Bertz CT molecular complexity index is 666. The fourth-order valence-electron chi connectivity index (χ4n) is 2.11. The summed E-state index contributed by atoms with van der Waals surface area (Å²) in [5.41, 5.74) is 2.31. The monoisotopic (exact) mass is 297 g/mol. The maximum atomic E-state index is 12.0. The van der Waals surface area contributed by atoms with E-state index in [1.807, 2.05) is 30.3 Å². The molecule has 2 rings (SSSR count). The van der Waals surface area contributed by atoms with Crippen molar-refractivity contribution >= 4 is 17.3 Å². The summed E-state index contributed by atoms with van der Waals surface area (Å²) in [4.78, 5) is 12.0. The molecule has 4 nitrogen and oxygen atoms in total. The number of hydrogen-bond acceptors (Lipinski definition) is 4. The van der Waals surface area contributed by atoms with E-state index in [2.05, 4.69) is 11.9 Å². The lowest BCUT2D eigenvalue weighted by molar-refractivity contribution is 0.0526. The molecule has 0 fully saturated rings. The number of rotatable bonds is 6. The second-order valence-electron chi connectivity index (χ2n) is 4.74. The number of hydrogen-bond donors (Lipinski definition) is 2. The van der Waals surface area contributed by atoms with Crippen molar-refractivity contribution in [1.82, 2.24) is 0 Å². The molecule has 0 aliphatic heterocycles. The number of anilines is 2. The van der Waals surface area contributed by atoms with Crippen molar-refractivity contribution in [3.8, 4) is 5.75 Å². The van der Waals surface area contributed by atoms with Crippen molar-refractivity contribution in [3.05, 3.63) is 66.2 Å². The molecule has 22 heavy (non-hydrogen) atoms. The van der Waals surface area contributed by atoms with Gasteiger partial charge < -0.3 is 15.2 Å². The summed E-state index contributed by atoms with van der Waals surface area (Å²) in [6.07, 6.45) is 2.14. The van der Waals surface area contributed by atoms with Gasteiger partial charge in [0.05, 0.1) is 17.9 Å². The molecule has 0 amide bonds. The number of carbonyl (C=O) groups is 1. The zero-order chi connectivity index (χ0) is 15.9. The molecule has 0 radical (unpaired) electrons.